The minimum Gasteiger partial charge on any atom is -0.388 e. The molecule has 70 valence electrons. The number of anilines is 1. The average molecular weight is 179 g/mol. The van der Waals surface area contributed by atoms with E-state index in [2.05, 4.69) is 21.9 Å². The van der Waals surface area contributed by atoms with Crippen molar-refractivity contribution in [2.75, 3.05) is 11.9 Å². The average Bonchev–Trinajstić information content (AvgIpc) is 2.14. The molecule has 0 aliphatic carbocycles. The molecule has 0 atom stereocenters. The zero-order valence-corrected chi connectivity index (χ0v) is 7.62. The summed E-state index contributed by atoms with van der Waals surface area (Å²) in [6, 6.07) is 1.82. The lowest BCUT2D eigenvalue weighted by Gasteiger charge is -2.04. The van der Waals surface area contributed by atoms with E-state index >= 15 is 0 Å². The summed E-state index contributed by atoms with van der Waals surface area (Å²) in [5, 5.41) is 11.9. The number of hydrogen-bond acceptors (Lipinski definition) is 4. The predicted molar refractivity (Wildman–Crippen MR) is 51.4 cm³/mol. The molecule has 0 radical (unpaired) electrons. The van der Waals surface area contributed by atoms with Crippen LogP contribution in [0.4, 0.5) is 5.82 Å². The van der Waals surface area contributed by atoms with Crippen molar-refractivity contribution >= 4 is 5.82 Å². The largest absolute Gasteiger partial charge is 0.388 e. The summed E-state index contributed by atoms with van der Waals surface area (Å²) in [6.45, 7) is 5.97. The summed E-state index contributed by atoms with van der Waals surface area (Å²) in [5.41, 5.74) is 0.839. The third kappa shape index (κ3) is 2.83. The summed E-state index contributed by atoms with van der Waals surface area (Å²) in [5.74, 6) is 1.16. The van der Waals surface area contributed by atoms with Crippen LogP contribution in [0.2, 0.25) is 0 Å². The Bertz CT molecular complexity index is 299. The molecule has 1 rings (SSSR count). The van der Waals surface area contributed by atoms with Crippen LogP contribution in [0, 0.1) is 6.92 Å². The zero-order valence-electron chi connectivity index (χ0n) is 7.62. The van der Waals surface area contributed by atoms with Gasteiger partial charge in [-0.05, 0) is 6.92 Å². The molecule has 0 aromatic carbocycles. The molecule has 0 saturated carbocycles. The monoisotopic (exact) mass is 179 g/mol. The summed E-state index contributed by atoms with van der Waals surface area (Å²) < 4.78 is 0. The quantitative estimate of drug-likeness (QED) is 0.673. The van der Waals surface area contributed by atoms with Crippen molar-refractivity contribution in [3.05, 3.63) is 30.2 Å². The molecule has 4 nitrogen and oxygen atoms in total. The molecule has 0 bridgehead atoms. The Morgan fingerprint density at radius 1 is 1.62 bits per heavy atom. The second kappa shape index (κ2) is 4.57. The molecule has 1 aromatic heterocycles. The van der Waals surface area contributed by atoms with Gasteiger partial charge in [0.15, 0.2) is 5.82 Å². The predicted octanol–water partition coefficient (Wildman–Crippen LogP) is 0.875. The summed E-state index contributed by atoms with van der Waals surface area (Å²) in [7, 11) is 0. The number of aliphatic hydroxyl groups is 1. The minimum atomic E-state index is -0.134. The van der Waals surface area contributed by atoms with Crippen molar-refractivity contribution in [2.45, 2.75) is 13.5 Å². The Kier molecular flexibility index (Phi) is 3.40. The van der Waals surface area contributed by atoms with Gasteiger partial charge in [-0.1, -0.05) is 6.08 Å². The van der Waals surface area contributed by atoms with Crippen molar-refractivity contribution in [3.8, 4) is 0 Å². The second-order valence-electron chi connectivity index (χ2n) is 2.64. The Morgan fingerprint density at radius 3 is 3.00 bits per heavy atom. The maximum absolute atomic E-state index is 8.84. The van der Waals surface area contributed by atoms with Gasteiger partial charge in [-0.3, -0.25) is 0 Å². The van der Waals surface area contributed by atoms with E-state index in [-0.39, 0.29) is 6.61 Å². The van der Waals surface area contributed by atoms with Crippen LogP contribution in [0.5, 0.6) is 0 Å². The van der Waals surface area contributed by atoms with Gasteiger partial charge >= 0.3 is 0 Å². The van der Waals surface area contributed by atoms with Crippen LogP contribution in [-0.2, 0) is 6.61 Å². The van der Waals surface area contributed by atoms with Crippen molar-refractivity contribution in [1.82, 2.24) is 9.97 Å². The zero-order chi connectivity index (χ0) is 9.68. The lowest BCUT2D eigenvalue weighted by atomic mass is 10.4. The van der Waals surface area contributed by atoms with Crippen LogP contribution in [-0.4, -0.2) is 21.6 Å². The van der Waals surface area contributed by atoms with Gasteiger partial charge in [-0.2, -0.15) is 0 Å². The maximum Gasteiger partial charge on any atom is 0.156 e. The molecule has 0 amide bonds. The Hall–Kier alpha value is -1.42. The lowest BCUT2D eigenvalue weighted by Crippen LogP contribution is -2.05. The number of hydrogen-bond donors (Lipinski definition) is 2. The van der Waals surface area contributed by atoms with E-state index in [1.165, 1.54) is 0 Å². The topological polar surface area (TPSA) is 58.0 Å². The highest BCUT2D eigenvalue weighted by Gasteiger charge is 1.99. The number of nitrogens with zero attached hydrogens (tertiary/aromatic N) is 2. The number of aryl methyl sites for hydroxylation is 1. The Morgan fingerprint density at radius 2 is 2.38 bits per heavy atom. The molecule has 0 aliphatic heterocycles. The van der Waals surface area contributed by atoms with Crippen LogP contribution in [0.1, 0.15) is 11.5 Å². The highest BCUT2D eigenvalue weighted by molar-refractivity contribution is 5.36. The number of aliphatic hydroxyl groups excluding tert-OH is 1. The molecular formula is C9H13N3O. The van der Waals surface area contributed by atoms with E-state index in [1.54, 1.807) is 6.08 Å². The maximum atomic E-state index is 8.84. The first-order valence-electron chi connectivity index (χ1n) is 4.06. The first-order chi connectivity index (χ1) is 6.26. The van der Waals surface area contributed by atoms with Crippen LogP contribution in [0.15, 0.2) is 18.7 Å². The summed E-state index contributed by atoms with van der Waals surface area (Å²) in [4.78, 5) is 8.10. The first kappa shape index (κ1) is 9.67. The smallest absolute Gasteiger partial charge is 0.156 e. The molecule has 2 N–H and O–H groups in total. The van der Waals surface area contributed by atoms with E-state index in [4.69, 9.17) is 5.11 Å². The highest BCUT2D eigenvalue weighted by Crippen LogP contribution is 2.05. The number of aromatic nitrogens is 2. The van der Waals surface area contributed by atoms with Gasteiger partial charge in [0, 0.05) is 18.3 Å². The van der Waals surface area contributed by atoms with Gasteiger partial charge < -0.3 is 10.4 Å². The minimum absolute atomic E-state index is 0.134. The van der Waals surface area contributed by atoms with Crippen LogP contribution < -0.4 is 5.32 Å². The molecule has 1 aromatic rings. The molecule has 4 heteroatoms. The fourth-order valence-corrected chi connectivity index (χ4v) is 0.968. The molecule has 0 unspecified atom stereocenters. The normalized spacial score (nSPS) is 9.69. The van der Waals surface area contributed by atoms with Gasteiger partial charge in [0.05, 0.1) is 0 Å². The van der Waals surface area contributed by atoms with Gasteiger partial charge in [0.1, 0.15) is 12.4 Å². The third-order valence-electron chi connectivity index (χ3n) is 1.47. The fourth-order valence-electron chi connectivity index (χ4n) is 0.968. The fraction of sp³-hybridized carbons (Fsp3) is 0.333. The van der Waals surface area contributed by atoms with Crippen LogP contribution in [0.25, 0.3) is 0 Å². The van der Waals surface area contributed by atoms with Gasteiger partial charge in [-0.25, -0.2) is 9.97 Å². The van der Waals surface area contributed by atoms with E-state index in [9.17, 15) is 0 Å². The first-order valence-corrected chi connectivity index (χ1v) is 4.06. The molecule has 1 heterocycles. The van der Waals surface area contributed by atoms with Crippen molar-refractivity contribution in [3.63, 3.8) is 0 Å². The van der Waals surface area contributed by atoms with Gasteiger partial charge in [-0.15, -0.1) is 6.58 Å². The molecule has 0 fully saturated rings. The molecule has 13 heavy (non-hydrogen) atoms. The van der Waals surface area contributed by atoms with Gasteiger partial charge in [0.25, 0.3) is 0 Å². The van der Waals surface area contributed by atoms with Gasteiger partial charge in [0.2, 0.25) is 0 Å². The van der Waals surface area contributed by atoms with Crippen molar-refractivity contribution < 1.29 is 5.11 Å². The molecule has 0 spiro atoms. The number of nitrogens with one attached hydrogen (secondary N) is 1. The van der Waals surface area contributed by atoms with E-state index in [1.807, 2.05) is 13.0 Å². The Balaban J connectivity index is 2.81. The van der Waals surface area contributed by atoms with E-state index in [0.717, 1.165) is 11.5 Å². The highest BCUT2D eigenvalue weighted by atomic mass is 16.3. The van der Waals surface area contributed by atoms with Crippen LogP contribution in [0.3, 0.4) is 0 Å². The Labute approximate surface area is 77.3 Å². The van der Waals surface area contributed by atoms with Crippen molar-refractivity contribution in [1.29, 1.82) is 0 Å². The molecular weight excluding hydrogens is 166 g/mol. The van der Waals surface area contributed by atoms with Crippen molar-refractivity contribution in [2.24, 2.45) is 0 Å². The summed E-state index contributed by atoms with van der Waals surface area (Å²) >= 11 is 0. The third-order valence-corrected chi connectivity index (χ3v) is 1.47. The van der Waals surface area contributed by atoms with E-state index < -0.39 is 0 Å². The second-order valence-corrected chi connectivity index (χ2v) is 2.64. The summed E-state index contributed by atoms with van der Waals surface area (Å²) in [6.07, 6.45) is 1.75. The number of rotatable bonds is 4. The van der Waals surface area contributed by atoms with Crippen LogP contribution >= 0.6 is 0 Å². The molecule has 0 aliphatic rings. The SMILES string of the molecule is C=CCNc1cc(C)nc(CO)n1. The van der Waals surface area contributed by atoms with E-state index in [0.29, 0.717) is 12.4 Å². The molecule has 0 saturated heterocycles. The standard InChI is InChI=1S/C9H13N3O/c1-3-4-10-8-5-7(2)11-9(6-13)12-8/h3,5,13H,1,4,6H2,2H3,(H,10,11,12). The lowest BCUT2D eigenvalue weighted by molar-refractivity contribution is 0.271.